The second kappa shape index (κ2) is 14.3. The number of ether oxygens (including phenoxy) is 1. The SMILES string of the molecule is CC[C@@H](C)C(NC(=O)Cn1nc(-c2cccc(OCCN3CCCC3)c2)cc1-c1ccccc1)B(O)O.Cl. The Labute approximate surface area is 231 Å². The Morgan fingerprint density at radius 3 is 2.47 bits per heavy atom. The summed E-state index contributed by atoms with van der Waals surface area (Å²) < 4.78 is 7.69. The molecule has 204 valence electrons. The number of carbonyl (C=O) groups excluding carboxylic acids is 1. The number of rotatable bonds is 12. The molecule has 2 aromatic carbocycles. The van der Waals surface area contributed by atoms with Gasteiger partial charge in [0.05, 0.1) is 17.3 Å². The molecule has 2 heterocycles. The Balaban J connectivity index is 0.00000400. The van der Waals surface area contributed by atoms with Crippen molar-refractivity contribution in [3.63, 3.8) is 0 Å². The van der Waals surface area contributed by atoms with Crippen molar-refractivity contribution in [2.24, 2.45) is 5.92 Å². The first-order valence-corrected chi connectivity index (χ1v) is 13.2. The van der Waals surface area contributed by atoms with E-state index in [-0.39, 0.29) is 30.8 Å². The average molecular weight is 541 g/mol. The highest BCUT2D eigenvalue weighted by Gasteiger charge is 2.30. The van der Waals surface area contributed by atoms with Crippen LogP contribution in [0.3, 0.4) is 0 Å². The Hall–Kier alpha value is -2.85. The molecule has 1 fully saturated rings. The van der Waals surface area contributed by atoms with Crippen LogP contribution in [0.2, 0.25) is 0 Å². The number of hydrogen-bond acceptors (Lipinski definition) is 6. The molecular formula is C28H38BClN4O4. The molecule has 1 unspecified atom stereocenters. The van der Waals surface area contributed by atoms with Crippen molar-refractivity contribution in [1.82, 2.24) is 20.0 Å². The Morgan fingerprint density at radius 2 is 1.79 bits per heavy atom. The smallest absolute Gasteiger partial charge is 0.475 e. The molecule has 1 aromatic heterocycles. The number of carbonyl (C=O) groups is 1. The molecule has 1 aliphatic heterocycles. The number of halogens is 1. The van der Waals surface area contributed by atoms with Crippen LogP contribution in [0.4, 0.5) is 0 Å². The van der Waals surface area contributed by atoms with Gasteiger partial charge in [-0.3, -0.25) is 14.4 Å². The van der Waals surface area contributed by atoms with Crippen molar-refractivity contribution in [3.05, 3.63) is 60.7 Å². The van der Waals surface area contributed by atoms with Crippen LogP contribution in [-0.2, 0) is 11.3 Å². The van der Waals surface area contributed by atoms with Crippen molar-refractivity contribution in [1.29, 1.82) is 0 Å². The quantitative estimate of drug-likeness (QED) is 0.303. The van der Waals surface area contributed by atoms with Crippen molar-refractivity contribution in [3.8, 4) is 28.3 Å². The summed E-state index contributed by atoms with van der Waals surface area (Å²) in [6.45, 7) is 7.64. The summed E-state index contributed by atoms with van der Waals surface area (Å²) in [6, 6.07) is 19.6. The third-order valence-electron chi connectivity index (χ3n) is 7.05. The first-order chi connectivity index (χ1) is 17.9. The molecule has 2 atom stereocenters. The highest BCUT2D eigenvalue weighted by molar-refractivity contribution is 6.43. The van der Waals surface area contributed by atoms with Gasteiger partial charge in [-0.05, 0) is 55.6 Å². The maximum absolute atomic E-state index is 12.9. The summed E-state index contributed by atoms with van der Waals surface area (Å²) in [5.74, 6) is -0.371. The first kappa shape index (κ1) is 29.7. The number of aromatic nitrogens is 2. The maximum Gasteiger partial charge on any atom is 0.475 e. The van der Waals surface area contributed by atoms with Crippen LogP contribution >= 0.6 is 12.4 Å². The van der Waals surface area contributed by atoms with E-state index < -0.39 is 13.1 Å². The predicted molar refractivity (Wildman–Crippen MR) is 153 cm³/mol. The van der Waals surface area contributed by atoms with E-state index in [1.807, 2.05) is 74.5 Å². The standard InChI is InChI=1S/C28H37BN4O4.ClH/c1-3-21(2)28(29(35)36)30-27(34)20-33-26(22-10-5-4-6-11-22)19-25(31-33)23-12-9-13-24(18-23)37-17-16-32-14-7-8-15-32;/h4-6,9-13,18-19,21,28,35-36H,3,7-8,14-17,20H2,1-2H3,(H,30,34);1H/t21-,28?;/m1./s1. The average Bonchev–Trinajstić information content (AvgIpc) is 3.58. The predicted octanol–water partition coefficient (Wildman–Crippen LogP) is 3.66. The summed E-state index contributed by atoms with van der Waals surface area (Å²) in [5, 5.41) is 27.1. The molecule has 4 rings (SSSR count). The second-order valence-corrected chi connectivity index (χ2v) is 9.76. The topological polar surface area (TPSA) is 99.9 Å². The molecule has 0 radical (unpaired) electrons. The van der Waals surface area contributed by atoms with Crippen LogP contribution in [0.1, 0.15) is 33.1 Å². The number of nitrogens with one attached hydrogen (secondary N) is 1. The van der Waals surface area contributed by atoms with Gasteiger partial charge in [0.1, 0.15) is 18.9 Å². The van der Waals surface area contributed by atoms with Gasteiger partial charge >= 0.3 is 7.12 Å². The van der Waals surface area contributed by atoms with Gasteiger partial charge in [-0.25, -0.2) is 0 Å². The molecular weight excluding hydrogens is 503 g/mol. The number of likely N-dealkylation sites (tertiary alicyclic amines) is 1. The molecule has 1 saturated heterocycles. The summed E-state index contributed by atoms with van der Waals surface area (Å²) in [6.07, 6.45) is 3.23. The minimum absolute atomic E-state index is 0. The largest absolute Gasteiger partial charge is 0.492 e. The lowest BCUT2D eigenvalue weighted by Crippen LogP contribution is -2.51. The van der Waals surface area contributed by atoms with Gasteiger partial charge in [-0.1, -0.05) is 62.7 Å². The van der Waals surface area contributed by atoms with Crippen molar-refractivity contribution >= 4 is 25.4 Å². The lowest BCUT2D eigenvalue weighted by atomic mass is 9.71. The van der Waals surface area contributed by atoms with Crippen molar-refractivity contribution < 1.29 is 19.6 Å². The molecule has 38 heavy (non-hydrogen) atoms. The fourth-order valence-corrected chi connectivity index (χ4v) is 4.70. The Kier molecular flexibility index (Phi) is 11.2. The zero-order valence-electron chi connectivity index (χ0n) is 22.1. The fraction of sp³-hybridized carbons (Fsp3) is 0.429. The first-order valence-electron chi connectivity index (χ1n) is 13.2. The van der Waals surface area contributed by atoms with Gasteiger partial charge in [0.15, 0.2) is 0 Å². The lowest BCUT2D eigenvalue weighted by molar-refractivity contribution is -0.122. The third-order valence-corrected chi connectivity index (χ3v) is 7.05. The minimum atomic E-state index is -1.63. The van der Waals surface area contributed by atoms with Gasteiger partial charge in [-0.2, -0.15) is 5.10 Å². The highest BCUT2D eigenvalue weighted by atomic mass is 35.5. The van der Waals surface area contributed by atoms with E-state index >= 15 is 0 Å². The van der Waals surface area contributed by atoms with E-state index in [1.54, 1.807) is 4.68 Å². The molecule has 8 nitrogen and oxygen atoms in total. The maximum atomic E-state index is 12.9. The molecule has 1 aliphatic rings. The van der Waals surface area contributed by atoms with Crippen LogP contribution in [0.25, 0.3) is 22.5 Å². The minimum Gasteiger partial charge on any atom is -0.492 e. The van der Waals surface area contributed by atoms with Crippen LogP contribution in [-0.4, -0.2) is 69.9 Å². The molecule has 0 bridgehead atoms. The van der Waals surface area contributed by atoms with E-state index in [4.69, 9.17) is 9.84 Å². The van der Waals surface area contributed by atoms with Gasteiger partial charge in [-0.15, -0.1) is 12.4 Å². The van der Waals surface area contributed by atoms with Crippen molar-refractivity contribution in [2.45, 2.75) is 45.6 Å². The second-order valence-electron chi connectivity index (χ2n) is 9.76. The monoisotopic (exact) mass is 540 g/mol. The lowest BCUT2D eigenvalue weighted by Gasteiger charge is -2.23. The summed E-state index contributed by atoms with van der Waals surface area (Å²) in [7, 11) is -1.63. The third kappa shape index (κ3) is 7.83. The molecule has 3 N–H and O–H groups in total. The molecule has 1 amide bonds. The molecule has 0 spiro atoms. The summed E-state index contributed by atoms with van der Waals surface area (Å²) in [5.41, 5.74) is 3.37. The van der Waals surface area contributed by atoms with E-state index in [0.29, 0.717) is 13.0 Å². The normalized spacial score (nSPS) is 14.9. The van der Waals surface area contributed by atoms with Crippen LogP contribution in [0.5, 0.6) is 5.75 Å². The van der Waals surface area contributed by atoms with E-state index in [2.05, 4.69) is 10.2 Å². The molecule has 0 saturated carbocycles. The number of amides is 1. The van der Waals surface area contributed by atoms with Crippen LogP contribution in [0, 0.1) is 5.92 Å². The summed E-state index contributed by atoms with van der Waals surface area (Å²) >= 11 is 0. The molecule has 10 heteroatoms. The van der Waals surface area contributed by atoms with Crippen LogP contribution < -0.4 is 10.1 Å². The number of benzene rings is 2. The van der Waals surface area contributed by atoms with Gasteiger partial charge < -0.3 is 20.1 Å². The fourth-order valence-electron chi connectivity index (χ4n) is 4.70. The Bertz CT molecular complexity index is 1150. The summed E-state index contributed by atoms with van der Waals surface area (Å²) in [4.78, 5) is 15.4. The van der Waals surface area contributed by atoms with Crippen LogP contribution in [0.15, 0.2) is 60.7 Å². The molecule has 3 aromatic rings. The zero-order chi connectivity index (χ0) is 26.2. The van der Waals surface area contributed by atoms with Gasteiger partial charge in [0.25, 0.3) is 0 Å². The van der Waals surface area contributed by atoms with E-state index in [0.717, 1.165) is 47.9 Å². The van der Waals surface area contributed by atoms with Crippen molar-refractivity contribution in [2.75, 3.05) is 26.2 Å². The van der Waals surface area contributed by atoms with E-state index in [9.17, 15) is 14.8 Å². The zero-order valence-corrected chi connectivity index (χ0v) is 22.9. The van der Waals surface area contributed by atoms with E-state index in [1.165, 1.54) is 12.8 Å². The molecule has 0 aliphatic carbocycles. The van der Waals surface area contributed by atoms with Gasteiger partial charge in [0.2, 0.25) is 5.91 Å². The highest BCUT2D eigenvalue weighted by Crippen LogP contribution is 2.28. The number of hydrogen-bond donors (Lipinski definition) is 3. The van der Waals surface area contributed by atoms with Gasteiger partial charge in [0, 0.05) is 12.1 Å². The number of nitrogens with zero attached hydrogens (tertiary/aromatic N) is 3. The Morgan fingerprint density at radius 1 is 1.08 bits per heavy atom.